The summed E-state index contributed by atoms with van der Waals surface area (Å²) < 4.78 is 25.3. The number of halogens is 1. The van der Waals surface area contributed by atoms with Crippen LogP contribution in [0.25, 0.3) is 0 Å². The van der Waals surface area contributed by atoms with Gasteiger partial charge in [-0.15, -0.1) is 0 Å². The van der Waals surface area contributed by atoms with Crippen molar-refractivity contribution in [1.82, 2.24) is 20.6 Å². The maximum Gasteiger partial charge on any atom is 0.255 e. The van der Waals surface area contributed by atoms with Crippen LogP contribution in [-0.4, -0.2) is 34.4 Å². The Bertz CT molecular complexity index is 1120. The minimum absolute atomic E-state index is 0.0143. The number of aromatic nitrogens is 2. The Morgan fingerprint density at radius 2 is 1.69 bits per heavy atom. The molecule has 2 aromatic carbocycles. The van der Waals surface area contributed by atoms with Crippen LogP contribution in [0.2, 0.25) is 0 Å². The smallest absolute Gasteiger partial charge is 0.255 e. The molecule has 0 radical (unpaired) electrons. The molecule has 0 unspecified atom stereocenters. The molecule has 2 N–H and O–H groups in total. The molecule has 3 aromatic rings. The van der Waals surface area contributed by atoms with Gasteiger partial charge in [0.1, 0.15) is 34.9 Å². The lowest BCUT2D eigenvalue weighted by Crippen LogP contribution is -2.48. The van der Waals surface area contributed by atoms with E-state index in [1.807, 2.05) is 0 Å². The van der Waals surface area contributed by atoms with Crippen molar-refractivity contribution in [3.63, 3.8) is 0 Å². The fourth-order valence-corrected chi connectivity index (χ4v) is 3.10. The van der Waals surface area contributed by atoms with E-state index in [4.69, 9.17) is 9.47 Å². The van der Waals surface area contributed by atoms with Gasteiger partial charge >= 0.3 is 0 Å². The van der Waals surface area contributed by atoms with Crippen molar-refractivity contribution < 1.29 is 23.5 Å². The highest BCUT2D eigenvalue weighted by molar-refractivity contribution is 6.00. The van der Waals surface area contributed by atoms with E-state index in [-0.39, 0.29) is 18.0 Å². The van der Waals surface area contributed by atoms with Crippen molar-refractivity contribution in [2.75, 3.05) is 7.11 Å². The molecule has 1 aliphatic rings. The lowest BCUT2D eigenvalue weighted by atomic mass is 10.1. The second-order valence-electron chi connectivity index (χ2n) is 7.38. The van der Waals surface area contributed by atoms with Crippen LogP contribution in [0.3, 0.4) is 0 Å². The minimum atomic E-state index is -0.985. The zero-order chi connectivity index (χ0) is 22.6. The van der Waals surface area contributed by atoms with Crippen molar-refractivity contribution in [1.29, 1.82) is 0 Å². The van der Waals surface area contributed by atoms with Gasteiger partial charge in [-0.25, -0.2) is 14.4 Å². The number of hydrogen-bond donors (Lipinski definition) is 2. The molecule has 2 amide bonds. The first kappa shape index (κ1) is 21.2. The van der Waals surface area contributed by atoms with Crippen molar-refractivity contribution in [3.8, 4) is 17.2 Å². The molecule has 164 valence electrons. The van der Waals surface area contributed by atoms with Crippen molar-refractivity contribution in [3.05, 3.63) is 78.1 Å². The van der Waals surface area contributed by atoms with E-state index in [1.54, 1.807) is 43.5 Å². The first-order valence-corrected chi connectivity index (χ1v) is 9.95. The highest BCUT2D eigenvalue weighted by Gasteiger charge is 2.51. The van der Waals surface area contributed by atoms with E-state index in [2.05, 4.69) is 20.6 Å². The number of methoxy groups -OCH3 is 1. The molecule has 0 atom stereocenters. The molecule has 1 saturated carbocycles. The van der Waals surface area contributed by atoms with Gasteiger partial charge in [-0.05, 0) is 43.2 Å². The molecule has 1 aromatic heterocycles. The van der Waals surface area contributed by atoms with Crippen LogP contribution in [0.4, 0.5) is 4.39 Å². The fourth-order valence-electron chi connectivity index (χ4n) is 3.10. The molecule has 0 saturated heterocycles. The van der Waals surface area contributed by atoms with Gasteiger partial charge in [-0.1, -0.05) is 6.07 Å². The zero-order valence-corrected chi connectivity index (χ0v) is 17.3. The molecule has 1 heterocycles. The summed E-state index contributed by atoms with van der Waals surface area (Å²) in [6.45, 7) is -0.0143. The Balaban J connectivity index is 1.34. The molecule has 1 aliphatic carbocycles. The summed E-state index contributed by atoms with van der Waals surface area (Å²) in [5.74, 6) is 0.272. The normalized spacial score (nSPS) is 13.7. The maximum absolute atomic E-state index is 14.5. The number of rotatable bonds is 8. The molecule has 32 heavy (non-hydrogen) atoms. The Hall–Kier alpha value is -4.01. The summed E-state index contributed by atoms with van der Waals surface area (Å²) in [6, 6.07) is 11.4. The summed E-state index contributed by atoms with van der Waals surface area (Å²) in [5.41, 5.74) is -0.412. The Morgan fingerprint density at radius 1 is 1.03 bits per heavy atom. The summed E-state index contributed by atoms with van der Waals surface area (Å²) >= 11 is 0. The van der Waals surface area contributed by atoms with Crippen LogP contribution in [0.15, 0.2) is 61.2 Å². The van der Waals surface area contributed by atoms with Gasteiger partial charge in [0.05, 0.1) is 12.7 Å². The van der Waals surface area contributed by atoms with Gasteiger partial charge in [0.25, 0.3) is 5.91 Å². The van der Waals surface area contributed by atoms with E-state index < -0.39 is 17.3 Å². The molecular weight excluding hydrogens is 415 g/mol. The predicted molar refractivity (Wildman–Crippen MR) is 113 cm³/mol. The van der Waals surface area contributed by atoms with Crippen LogP contribution in [0.1, 0.15) is 28.8 Å². The minimum Gasteiger partial charge on any atom is -0.497 e. The molecular formula is C23H21FN4O4. The second-order valence-corrected chi connectivity index (χ2v) is 7.38. The number of carbonyl (C=O) groups excluding carboxylic acids is 2. The first-order chi connectivity index (χ1) is 15.5. The van der Waals surface area contributed by atoms with Crippen LogP contribution in [0, 0.1) is 5.82 Å². The Labute approximate surface area is 183 Å². The number of ether oxygens (including phenoxy) is 2. The van der Waals surface area contributed by atoms with Gasteiger partial charge in [0, 0.05) is 30.6 Å². The summed E-state index contributed by atoms with van der Waals surface area (Å²) in [5, 5.41) is 5.43. The van der Waals surface area contributed by atoms with Crippen molar-refractivity contribution in [2.45, 2.75) is 24.9 Å². The van der Waals surface area contributed by atoms with Crippen LogP contribution >= 0.6 is 0 Å². The number of carbonyl (C=O) groups is 2. The molecule has 0 bridgehead atoms. The quantitative estimate of drug-likeness (QED) is 0.563. The average Bonchev–Trinajstić information content (AvgIpc) is 3.60. The van der Waals surface area contributed by atoms with E-state index in [1.165, 1.54) is 24.8 Å². The molecule has 0 spiro atoms. The van der Waals surface area contributed by atoms with Gasteiger partial charge in [0.2, 0.25) is 5.91 Å². The van der Waals surface area contributed by atoms with Crippen molar-refractivity contribution in [2.24, 2.45) is 0 Å². The standard InChI is InChI=1S/C23H21FN4O4/c1-31-17-4-6-18(7-5-17)32-19-3-2-15(20(24)10-19)13-27-22(30)23(8-9-23)28-21(29)16-11-25-14-26-12-16/h2-7,10-12,14H,8-9,13H2,1H3,(H,27,30)(H,28,29). The van der Waals surface area contributed by atoms with Gasteiger partial charge in [-0.3, -0.25) is 9.59 Å². The second kappa shape index (κ2) is 9.01. The van der Waals surface area contributed by atoms with E-state index >= 15 is 0 Å². The largest absolute Gasteiger partial charge is 0.497 e. The molecule has 1 fully saturated rings. The number of hydrogen-bond acceptors (Lipinski definition) is 6. The average molecular weight is 436 g/mol. The molecule has 8 nitrogen and oxygen atoms in total. The summed E-state index contributed by atoms with van der Waals surface area (Å²) in [7, 11) is 1.57. The lowest BCUT2D eigenvalue weighted by Gasteiger charge is -2.17. The molecule has 0 aliphatic heterocycles. The Kier molecular flexibility index (Phi) is 5.98. The third kappa shape index (κ3) is 4.83. The maximum atomic E-state index is 14.5. The number of nitrogens with zero attached hydrogens (tertiary/aromatic N) is 2. The van der Waals surface area contributed by atoms with E-state index in [0.717, 1.165) is 0 Å². The highest BCUT2D eigenvalue weighted by Crippen LogP contribution is 2.36. The zero-order valence-electron chi connectivity index (χ0n) is 17.3. The third-order valence-electron chi connectivity index (χ3n) is 5.12. The number of amides is 2. The monoisotopic (exact) mass is 436 g/mol. The predicted octanol–water partition coefficient (Wildman–Crippen LogP) is 3.00. The van der Waals surface area contributed by atoms with Gasteiger partial charge in [-0.2, -0.15) is 0 Å². The molecule has 9 heteroatoms. The van der Waals surface area contributed by atoms with Crippen LogP contribution in [-0.2, 0) is 11.3 Å². The van der Waals surface area contributed by atoms with E-state index in [9.17, 15) is 14.0 Å². The third-order valence-corrected chi connectivity index (χ3v) is 5.12. The summed E-state index contributed by atoms with van der Waals surface area (Å²) in [6.07, 6.45) is 5.09. The van der Waals surface area contributed by atoms with E-state index in [0.29, 0.717) is 35.7 Å². The SMILES string of the molecule is COc1ccc(Oc2ccc(CNC(=O)C3(NC(=O)c4cncnc4)CC3)c(F)c2)cc1. The number of benzene rings is 2. The van der Waals surface area contributed by atoms with Gasteiger partial charge in [0.15, 0.2) is 0 Å². The Morgan fingerprint density at radius 3 is 2.31 bits per heavy atom. The summed E-state index contributed by atoms with van der Waals surface area (Å²) in [4.78, 5) is 32.5. The highest BCUT2D eigenvalue weighted by atomic mass is 19.1. The fraction of sp³-hybridized carbons (Fsp3) is 0.217. The molecule has 4 rings (SSSR count). The topological polar surface area (TPSA) is 102 Å². The first-order valence-electron chi connectivity index (χ1n) is 9.95. The van der Waals surface area contributed by atoms with Crippen LogP contribution in [0.5, 0.6) is 17.2 Å². The van der Waals surface area contributed by atoms with Crippen LogP contribution < -0.4 is 20.1 Å². The van der Waals surface area contributed by atoms with Crippen molar-refractivity contribution >= 4 is 11.8 Å². The number of nitrogens with one attached hydrogen (secondary N) is 2. The lowest BCUT2D eigenvalue weighted by molar-refractivity contribution is -0.124. The van der Waals surface area contributed by atoms with Gasteiger partial charge < -0.3 is 20.1 Å².